The normalized spacial score (nSPS) is 10.4. The van der Waals surface area contributed by atoms with Crippen LogP contribution in [0.1, 0.15) is 21.5 Å². The van der Waals surface area contributed by atoms with Gasteiger partial charge in [-0.15, -0.1) is 0 Å². The first-order chi connectivity index (χ1) is 9.38. The van der Waals surface area contributed by atoms with Crippen LogP contribution in [0.25, 0.3) is 0 Å². The van der Waals surface area contributed by atoms with Crippen LogP contribution in [0.4, 0.5) is 10.1 Å². The lowest BCUT2D eigenvalue weighted by molar-refractivity contribution is 0.102. The van der Waals surface area contributed by atoms with Crippen LogP contribution in [0.2, 0.25) is 10.0 Å². The molecule has 0 aromatic heterocycles. The van der Waals surface area contributed by atoms with Crippen molar-refractivity contribution >= 4 is 34.8 Å². The molecule has 0 radical (unpaired) electrons. The van der Waals surface area contributed by atoms with Gasteiger partial charge in [-0.1, -0.05) is 40.9 Å². The Morgan fingerprint density at radius 1 is 1.10 bits per heavy atom. The fourth-order valence-corrected chi connectivity index (χ4v) is 2.31. The van der Waals surface area contributed by atoms with Gasteiger partial charge in [0.1, 0.15) is 5.82 Å². The summed E-state index contributed by atoms with van der Waals surface area (Å²) < 4.78 is 13.4. The lowest BCUT2D eigenvalue weighted by Gasteiger charge is -2.10. The van der Waals surface area contributed by atoms with Crippen molar-refractivity contribution < 1.29 is 9.18 Å². The molecule has 104 valence electrons. The summed E-state index contributed by atoms with van der Waals surface area (Å²) in [4.78, 5) is 12.1. The zero-order valence-electron chi connectivity index (χ0n) is 10.9. The molecule has 1 N–H and O–H groups in total. The fourth-order valence-electron chi connectivity index (χ4n) is 1.84. The molecule has 0 aliphatic heterocycles. The van der Waals surface area contributed by atoms with E-state index in [1.165, 1.54) is 6.07 Å². The highest BCUT2D eigenvalue weighted by Crippen LogP contribution is 2.25. The summed E-state index contributed by atoms with van der Waals surface area (Å²) >= 11 is 11.5. The molecular weight excluding hydrogens is 300 g/mol. The van der Waals surface area contributed by atoms with E-state index in [0.717, 1.165) is 17.2 Å². The second kappa shape index (κ2) is 5.81. The van der Waals surface area contributed by atoms with Crippen LogP contribution >= 0.6 is 23.2 Å². The second-order valence-electron chi connectivity index (χ2n) is 4.52. The molecule has 0 unspecified atom stereocenters. The van der Waals surface area contributed by atoms with E-state index in [1.807, 2.05) is 26.0 Å². The van der Waals surface area contributed by atoms with Crippen molar-refractivity contribution in [2.24, 2.45) is 0 Å². The number of anilines is 1. The number of halogens is 3. The number of benzene rings is 2. The number of aryl methyl sites for hydroxylation is 2. The minimum atomic E-state index is -0.679. The average molecular weight is 312 g/mol. The third-order valence-electron chi connectivity index (χ3n) is 2.88. The molecule has 20 heavy (non-hydrogen) atoms. The third kappa shape index (κ3) is 3.11. The maximum atomic E-state index is 13.4. The highest BCUT2D eigenvalue weighted by Gasteiger charge is 2.15. The Bertz CT molecular complexity index is 686. The number of hydrogen-bond donors (Lipinski definition) is 1. The molecule has 0 bridgehead atoms. The summed E-state index contributed by atoms with van der Waals surface area (Å²) in [5.41, 5.74) is 2.72. The van der Waals surface area contributed by atoms with E-state index in [-0.39, 0.29) is 15.6 Å². The van der Waals surface area contributed by atoms with Gasteiger partial charge in [0.25, 0.3) is 5.91 Å². The Labute approximate surface area is 126 Å². The van der Waals surface area contributed by atoms with Crippen LogP contribution in [0, 0.1) is 19.7 Å². The fraction of sp³-hybridized carbons (Fsp3) is 0.133. The Hall–Kier alpha value is -1.58. The van der Waals surface area contributed by atoms with E-state index in [4.69, 9.17) is 23.2 Å². The molecule has 0 saturated carbocycles. The van der Waals surface area contributed by atoms with Gasteiger partial charge in [-0.25, -0.2) is 4.39 Å². The minimum Gasteiger partial charge on any atom is -0.322 e. The molecule has 5 heteroatoms. The van der Waals surface area contributed by atoms with E-state index in [0.29, 0.717) is 5.69 Å². The van der Waals surface area contributed by atoms with Gasteiger partial charge in [-0.2, -0.15) is 0 Å². The highest BCUT2D eigenvalue weighted by atomic mass is 35.5. The third-order valence-corrected chi connectivity index (χ3v) is 3.49. The van der Waals surface area contributed by atoms with Crippen LogP contribution < -0.4 is 5.32 Å². The van der Waals surface area contributed by atoms with Gasteiger partial charge < -0.3 is 5.32 Å². The van der Waals surface area contributed by atoms with Crippen LogP contribution in [-0.2, 0) is 0 Å². The summed E-state index contributed by atoms with van der Waals surface area (Å²) in [6.45, 7) is 3.84. The number of nitrogens with one attached hydrogen (secondary N) is 1. The zero-order valence-corrected chi connectivity index (χ0v) is 12.4. The number of amides is 1. The van der Waals surface area contributed by atoms with Gasteiger partial charge in [-0.05, 0) is 37.6 Å². The first-order valence-electron chi connectivity index (χ1n) is 5.91. The lowest BCUT2D eigenvalue weighted by Crippen LogP contribution is -2.13. The Balaban J connectivity index is 2.31. The summed E-state index contributed by atoms with van der Waals surface area (Å²) in [7, 11) is 0. The van der Waals surface area contributed by atoms with E-state index >= 15 is 0 Å². The van der Waals surface area contributed by atoms with Gasteiger partial charge in [0.15, 0.2) is 0 Å². The van der Waals surface area contributed by atoms with Crippen molar-refractivity contribution in [1.82, 2.24) is 0 Å². The highest BCUT2D eigenvalue weighted by molar-refractivity contribution is 6.37. The molecule has 2 rings (SSSR count). The maximum absolute atomic E-state index is 13.4. The van der Waals surface area contributed by atoms with Gasteiger partial charge >= 0.3 is 0 Å². The largest absolute Gasteiger partial charge is 0.322 e. The lowest BCUT2D eigenvalue weighted by atomic mass is 10.1. The van der Waals surface area contributed by atoms with E-state index in [2.05, 4.69) is 5.32 Å². The Morgan fingerprint density at radius 2 is 1.80 bits per heavy atom. The van der Waals surface area contributed by atoms with Crippen molar-refractivity contribution in [2.45, 2.75) is 13.8 Å². The first kappa shape index (κ1) is 14.8. The molecule has 2 aromatic rings. The van der Waals surface area contributed by atoms with E-state index in [9.17, 15) is 9.18 Å². The van der Waals surface area contributed by atoms with Crippen LogP contribution in [-0.4, -0.2) is 5.91 Å². The number of rotatable bonds is 2. The topological polar surface area (TPSA) is 29.1 Å². The number of hydrogen-bond acceptors (Lipinski definition) is 1. The van der Waals surface area contributed by atoms with Crippen molar-refractivity contribution in [1.29, 1.82) is 0 Å². The van der Waals surface area contributed by atoms with Crippen LogP contribution in [0.3, 0.4) is 0 Å². The first-order valence-corrected chi connectivity index (χ1v) is 6.67. The van der Waals surface area contributed by atoms with E-state index in [1.54, 1.807) is 6.07 Å². The predicted octanol–water partition coefficient (Wildman–Crippen LogP) is 5.00. The summed E-state index contributed by atoms with van der Waals surface area (Å²) in [6.07, 6.45) is 0. The van der Waals surface area contributed by atoms with Gasteiger partial charge in [0.05, 0.1) is 15.6 Å². The minimum absolute atomic E-state index is 0.0496. The second-order valence-corrected chi connectivity index (χ2v) is 5.33. The quantitative estimate of drug-likeness (QED) is 0.777. The van der Waals surface area contributed by atoms with Crippen molar-refractivity contribution in [3.8, 4) is 0 Å². The molecule has 2 nitrogen and oxygen atoms in total. The number of carbonyl (C=O) groups excluding carboxylic acids is 1. The predicted molar refractivity (Wildman–Crippen MR) is 80.3 cm³/mol. The van der Waals surface area contributed by atoms with Gasteiger partial charge in [0, 0.05) is 5.69 Å². The monoisotopic (exact) mass is 311 g/mol. The molecule has 0 heterocycles. The molecule has 0 spiro atoms. The van der Waals surface area contributed by atoms with Crippen LogP contribution in [0.15, 0.2) is 30.3 Å². The number of carbonyl (C=O) groups is 1. The summed E-state index contributed by atoms with van der Waals surface area (Å²) in [6, 6.07) is 7.87. The molecule has 0 aliphatic rings. The molecule has 0 aliphatic carbocycles. The molecule has 0 fully saturated rings. The maximum Gasteiger partial charge on any atom is 0.257 e. The zero-order chi connectivity index (χ0) is 14.9. The smallest absolute Gasteiger partial charge is 0.257 e. The molecule has 1 amide bonds. The molecule has 0 atom stereocenters. The van der Waals surface area contributed by atoms with Crippen molar-refractivity contribution in [2.75, 3.05) is 5.32 Å². The molecule has 2 aromatic carbocycles. The van der Waals surface area contributed by atoms with Crippen LogP contribution in [0.5, 0.6) is 0 Å². The molecule has 0 saturated heterocycles. The summed E-state index contributed by atoms with van der Waals surface area (Å²) in [5.74, 6) is -1.15. The van der Waals surface area contributed by atoms with E-state index < -0.39 is 11.7 Å². The van der Waals surface area contributed by atoms with Gasteiger partial charge in [-0.3, -0.25) is 4.79 Å². The Morgan fingerprint density at radius 3 is 2.45 bits per heavy atom. The standard InChI is InChI=1S/C15H12Cl2FNO/c1-8-3-4-14(9(2)5-8)19-15(20)10-6-13(18)12(17)7-11(10)16/h3-7H,1-2H3,(H,19,20). The van der Waals surface area contributed by atoms with Gasteiger partial charge in [0.2, 0.25) is 0 Å². The summed E-state index contributed by atoms with van der Waals surface area (Å²) in [5, 5.41) is 2.71. The van der Waals surface area contributed by atoms with Crippen molar-refractivity contribution in [3.05, 3.63) is 62.9 Å². The molecular formula is C15H12Cl2FNO. The average Bonchev–Trinajstić information content (AvgIpc) is 2.37. The SMILES string of the molecule is Cc1ccc(NC(=O)c2cc(F)c(Cl)cc2Cl)c(C)c1. The Kier molecular flexibility index (Phi) is 4.31. The van der Waals surface area contributed by atoms with Crippen molar-refractivity contribution in [3.63, 3.8) is 0 Å².